The molecule has 37 heavy (non-hydrogen) atoms. The van der Waals surface area contributed by atoms with Gasteiger partial charge in [-0.05, 0) is 49.6 Å². The predicted octanol–water partition coefficient (Wildman–Crippen LogP) is 4.95. The smallest absolute Gasteiger partial charge is 0.475 e. The van der Waals surface area contributed by atoms with Crippen molar-refractivity contribution in [1.82, 2.24) is 9.88 Å². The highest BCUT2D eigenvalue weighted by molar-refractivity contribution is 6.31. The van der Waals surface area contributed by atoms with Crippen LogP contribution in [0.1, 0.15) is 18.9 Å². The van der Waals surface area contributed by atoms with Crippen molar-refractivity contribution in [2.24, 2.45) is 0 Å². The van der Waals surface area contributed by atoms with Crippen LogP contribution in [-0.2, 0) is 20.7 Å². The van der Waals surface area contributed by atoms with E-state index in [1.165, 1.54) is 5.56 Å². The lowest BCUT2D eigenvalue weighted by Crippen LogP contribution is -2.62. The molecule has 2 saturated heterocycles. The third-order valence-corrected chi connectivity index (χ3v) is 6.91. The molecule has 4 rings (SSSR count). The normalized spacial score (nSPS) is 24.8. The molecular weight excluding hydrogens is 534 g/mol. The molecule has 0 amide bonds. The second-order valence-corrected chi connectivity index (χ2v) is 9.91. The highest BCUT2D eigenvalue weighted by Crippen LogP contribution is 2.29. The van der Waals surface area contributed by atoms with Crippen LogP contribution in [-0.4, -0.2) is 84.8 Å². The molecule has 0 radical (unpaired) electrons. The van der Waals surface area contributed by atoms with Crippen LogP contribution in [0.5, 0.6) is 0 Å². The Hall–Kier alpha value is -2.11. The van der Waals surface area contributed by atoms with Gasteiger partial charge in [0.1, 0.15) is 5.82 Å². The third kappa shape index (κ3) is 8.44. The second-order valence-electron chi connectivity index (χ2n) is 9.04. The van der Waals surface area contributed by atoms with Crippen LogP contribution in [0.4, 0.5) is 19.0 Å². The summed E-state index contributed by atoms with van der Waals surface area (Å²) in [5, 5.41) is 8.60. The van der Waals surface area contributed by atoms with E-state index in [0.717, 1.165) is 49.9 Å². The topological polar surface area (TPSA) is 75.1 Å². The highest BCUT2D eigenvalue weighted by atomic mass is 35.5. The van der Waals surface area contributed by atoms with Gasteiger partial charge in [0.2, 0.25) is 0 Å². The number of carboxylic acid groups (broad SMARTS) is 1. The zero-order valence-electron chi connectivity index (χ0n) is 20.5. The van der Waals surface area contributed by atoms with Gasteiger partial charge in [-0.2, -0.15) is 13.2 Å². The minimum atomic E-state index is -5.08. The predicted molar refractivity (Wildman–Crippen MR) is 135 cm³/mol. The first kappa shape index (κ1) is 29.4. The lowest BCUT2D eigenvalue weighted by Gasteiger charge is -2.49. The van der Waals surface area contributed by atoms with E-state index in [4.69, 9.17) is 42.6 Å². The number of hydrogen-bond donors (Lipinski definition) is 1. The zero-order chi connectivity index (χ0) is 27.2. The van der Waals surface area contributed by atoms with E-state index >= 15 is 0 Å². The van der Waals surface area contributed by atoms with Gasteiger partial charge in [0.25, 0.3) is 0 Å². The number of pyridine rings is 1. The van der Waals surface area contributed by atoms with Crippen LogP contribution in [0.2, 0.25) is 10.0 Å². The first-order valence-corrected chi connectivity index (χ1v) is 12.5. The van der Waals surface area contributed by atoms with Crippen LogP contribution < -0.4 is 4.90 Å². The number of anilines is 1. The molecule has 0 bridgehead atoms. The van der Waals surface area contributed by atoms with E-state index in [9.17, 15) is 13.2 Å². The van der Waals surface area contributed by atoms with Crippen molar-refractivity contribution in [3.05, 3.63) is 58.2 Å². The molecule has 2 aliphatic rings. The van der Waals surface area contributed by atoms with Crippen LogP contribution in [0, 0.1) is 0 Å². The van der Waals surface area contributed by atoms with E-state index in [2.05, 4.69) is 33.8 Å². The number of morpholine rings is 1. The summed E-state index contributed by atoms with van der Waals surface area (Å²) in [6, 6.07) is 12.5. The third-order valence-electron chi connectivity index (χ3n) is 6.42. The number of aliphatic carboxylic acids is 1. The van der Waals surface area contributed by atoms with Crippen molar-refractivity contribution in [2.45, 2.75) is 50.2 Å². The summed E-state index contributed by atoms with van der Waals surface area (Å²) in [4.78, 5) is 18.3. The number of hydrogen-bond acceptors (Lipinski definition) is 6. The van der Waals surface area contributed by atoms with E-state index in [-0.39, 0.29) is 12.2 Å². The van der Waals surface area contributed by atoms with Crippen LogP contribution in [0.15, 0.2) is 42.6 Å². The van der Waals surface area contributed by atoms with Crippen molar-refractivity contribution in [3.8, 4) is 0 Å². The fourth-order valence-corrected chi connectivity index (χ4v) is 4.91. The van der Waals surface area contributed by atoms with E-state index in [1.54, 1.807) is 6.20 Å². The summed E-state index contributed by atoms with van der Waals surface area (Å²) in [5.41, 5.74) is 1.28. The van der Waals surface area contributed by atoms with Gasteiger partial charge in [-0.3, -0.25) is 4.90 Å². The molecule has 2 aromatic rings. The van der Waals surface area contributed by atoms with Gasteiger partial charge >= 0.3 is 12.1 Å². The summed E-state index contributed by atoms with van der Waals surface area (Å²) in [6.45, 7) is 5.53. The zero-order valence-corrected chi connectivity index (χ0v) is 22.0. The number of ether oxygens (including phenoxy) is 2. The monoisotopic (exact) mass is 563 g/mol. The van der Waals surface area contributed by atoms with Crippen molar-refractivity contribution >= 4 is 35.0 Å². The number of carbonyl (C=O) groups is 1. The lowest BCUT2D eigenvalue weighted by molar-refractivity contribution is -0.192. The number of benzene rings is 1. The largest absolute Gasteiger partial charge is 0.490 e. The summed E-state index contributed by atoms with van der Waals surface area (Å²) in [5.74, 6) is -1.84. The molecule has 0 spiro atoms. The molecule has 7 nitrogen and oxygen atoms in total. The maximum absolute atomic E-state index is 10.6. The molecule has 2 fully saturated rings. The van der Waals surface area contributed by atoms with Gasteiger partial charge in [-0.1, -0.05) is 35.3 Å². The van der Waals surface area contributed by atoms with E-state index < -0.39 is 12.1 Å². The Balaban J connectivity index is 0.000000479. The Bertz CT molecular complexity index is 1030. The van der Waals surface area contributed by atoms with Crippen LogP contribution in [0.3, 0.4) is 0 Å². The van der Waals surface area contributed by atoms with Crippen LogP contribution >= 0.6 is 23.2 Å². The Kier molecular flexibility index (Phi) is 10.4. The molecule has 12 heteroatoms. The van der Waals surface area contributed by atoms with Crippen molar-refractivity contribution in [2.75, 3.05) is 38.3 Å². The van der Waals surface area contributed by atoms with Gasteiger partial charge in [0.05, 0.1) is 18.8 Å². The number of halogens is 5. The number of methoxy groups -OCH3 is 1. The van der Waals surface area contributed by atoms with E-state index in [1.807, 2.05) is 31.4 Å². The highest BCUT2D eigenvalue weighted by Gasteiger charge is 2.40. The molecule has 204 valence electrons. The van der Waals surface area contributed by atoms with Gasteiger partial charge < -0.3 is 19.5 Å². The summed E-state index contributed by atoms with van der Waals surface area (Å²) < 4.78 is 43.8. The van der Waals surface area contributed by atoms with Gasteiger partial charge in [0, 0.05) is 55.1 Å². The average Bonchev–Trinajstić information content (AvgIpc) is 2.86. The minimum Gasteiger partial charge on any atom is -0.475 e. The van der Waals surface area contributed by atoms with Crippen LogP contribution in [0.25, 0.3) is 0 Å². The van der Waals surface area contributed by atoms with Crippen molar-refractivity contribution < 1.29 is 32.5 Å². The Morgan fingerprint density at radius 3 is 2.46 bits per heavy atom. The fraction of sp³-hybridized carbons (Fsp3) is 0.520. The van der Waals surface area contributed by atoms with E-state index in [0.29, 0.717) is 17.1 Å². The molecular formula is C25H30Cl2F3N3O4. The first-order chi connectivity index (χ1) is 17.5. The van der Waals surface area contributed by atoms with Gasteiger partial charge in [-0.25, -0.2) is 9.78 Å². The standard InChI is InChI=1S/C23H29Cl2N3O2.C2HF3O2/c1-16-13-28(20(15-30-16)11-17-3-5-18(24)6-4-17)21-8-10-27(14-22(21)29-2)23-12-19(25)7-9-26-23;3-2(4,5)1(6)7/h3-7,9,12,16,20-22H,8,10-11,13-15H2,1-2H3;(H,6,7)/t16-,20-,21-,22+;/m0./s1. The number of alkyl halides is 3. The average molecular weight is 564 g/mol. The SMILES string of the molecule is CO[C@@H]1CN(c2cc(Cl)ccn2)CC[C@@H]1N1C[C@H](C)OC[C@@H]1Cc1ccc(Cl)cc1.O=C(O)C(F)(F)F. The molecule has 1 aromatic carbocycles. The maximum Gasteiger partial charge on any atom is 0.490 e. The minimum absolute atomic E-state index is 0.0950. The Morgan fingerprint density at radius 1 is 1.19 bits per heavy atom. The second kappa shape index (κ2) is 13.1. The summed E-state index contributed by atoms with van der Waals surface area (Å²) in [6.07, 6.45) is -1.06. The quantitative estimate of drug-likeness (QED) is 0.551. The number of nitrogens with zero attached hydrogens (tertiary/aromatic N) is 3. The molecule has 0 saturated carbocycles. The fourth-order valence-electron chi connectivity index (χ4n) is 4.63. The number of aromatic nitrogens is 1. The molecule has 1 N–H and O–H groups in total. The summed E-state index contributed by atoms with van der Waals surface area (Å²) in [7, 11) is 1.81. The maximum atomic E-state index is 10.6. The number of rotatable bonds is 5. The Morgan fingerprint density at radius 2 is 1.86 bits per heavy atom. The van der Waals surface area contributed by atoms with Crippen molar-refractivity contribution in [3.63, 3.8) is 0 Å². The number of carboxylic acids is 1. The number of piperidine rings is 1. The molecule has 3 heterocycles. The lowest BCUT2D eigenvalue weighted by atomic mass is 9.94. The van der Waals surface area contributed by atoms with Gasteiger partial charge in [0.15, 0.2) is 0 Å². The molecule has 0 unspecified atom stereocenters. The molecule has 0 aliphatic carbocycles. The molecule has 2 aliphatic heterocycles. The molecule has 4 atom stereocenters. The van der Waals surface area contributed by atoms with Crippen molar-refractivity contribution in [1.29, 1.82) is 0 Å². The summed E-state index contributed by atoms with van der Waals surface area (Å²) >= 11 is 12.2. The first-order valence-electron chi connectivity index (χ1n) is 11.8. The Labute approximate surface area is 224 Å². The molecule has 1 aromatic heterocycles. The van der Waals surface area contributed by atoms with Gasteiger partial charge in [-0.15, -0.1) is 0 Å².